The molecule has 2 heterocycles. The molecule has 0 amide bonds. The Bertz CT molecular complexity index is 1150. The summed E-state index contributed by atoms with van der Waals surface area (Å²) in [5, 5.41) is 11.6. The third-order valence-electron chi connectivity index (χ3n) is 4.65. The van der Waals surface area contributed by atoms with Crippen molar-refractivity contribution in [3.63, 3.8) is 0 Å². The van der Waals surface area contributed by atoms with E-state index in [1.54, 1.807) is 23.9 Å². The second kappa shape index (κ2) is 5.91. The van der Waals surface area contributed by atoms with Crippen LogP contribution in [0.3, 0.4) is 0 Å². The minimum absolute atomic E-state index is 0.100. The summed E-state index contributed by atoms with van der Waals surface area (Å²) < 4.78 is 20.9. The van der Waals surface area contributed by atoms with Crippen LogP contribution in [0.1, 0.15) is 6.92 Å². The first-order valence-corrected chi connectivity index (χ1v) is 8.29. The van der Waals surface area contributed by atoms with Crippen LogP contribution in [0.2, 0.25) is 0 Å². The average Bonchev–Trinajstić information content (AvgIpc) is 2.97. The van der Waals surface area contributed by atoms with Gasteiger partial charge in [-0.1, -0.05) is 18.2 Å². The molecule has 0 aliphatic rings. The van der Waals surface area contributed by atoms with Gasteiger partial charge in [0.25, 0.3) is 0 Å². The topological polar surface area (TPSA) is 73.3 Å². The lowest BCUT2D eigenvalue weighted by atomic mass is 9.99. The predicted molar refractivity (Wildman–Crippen MR) is 101 cm³/mol. The molecular formula is C20H18FN3O2. The van der Waals surface area contributed by atoms with Crippen molar-refractivity contribution in [2.24, 2.45) is 0 Å². The Morgan fingerprint density at radius 1 is 1.23 bits per heavy atom. The number of benzene rings is 2. The fourth-order valence-corrected chi connectivity index (χ4v) is 3.36. The number of nitrogen functional groups attached to an aromatic ring is 1. The number of aryl methyl sites for hydroxylation is 1. The SMILES string of the molecule is CCn1cc2nc3c(-c4cc(F)ccc4OC)cccc3c(N)c2c1O. The zero-order valence-electron chi connectivity index (χ0n) is 14.5. The highest BCUT2D eigenvalue weighted by Crippen LogP contribution is 2.40. The lowest BCUT2D eigenvalue weighted by molar-refractivity contribution is 0.415. The van der Waals surface area contributed by atoms with E-state index in [1.165, 1.54) is 12.1 Å². The molecule has 0 atom stereocenters. The molecule has 3 N–H and O–H groups in total. The summed E-state index contributed by atoms with van der Waals surface area (Å²) in [6.07, 6.45) is 1.76. The van der Waals surface area contributed by atoms with E-state index >= 15 is 0 Å². The molecule has 2 aromatic carbocycles. The molecule has 0 fully saturated rings. The van der Waals surface area contributed by atoms with Crippen LogP contribution >= 0.6 is 0 Å². The number of anilines is 1. The van der Waals surface area contributed by atoms with Gasteiger partial charge in [-0.25, -0.2) is 9.37 Å². The molecule has 4 aromatic rings. The number of ether oxygens (including phenoxy) is 1. The molecule has 5 nitrogen and oxygen atoms in total. The van der Waals surface area contributed by atoms with Crippen LogP contribution < -0.4 is 10.5 Å². The number of rotatable bonds is 3. The van der Waals surface area contributed by atoms with Crippen LogP contribution in [-0.2, 0) is 6.54 Å². The van der Waals surface area contributed by atoms with Crippen molar-refractivity contribution in [2.75, 3.05) is 12.8 Å². The van der Waals surface area contributed by atoms with Gasteiger partial charge >= 0.3 is 0 Å². The Kier molecular flexibility index (Phi) is 3.68. The van der Waals surface area contributed by atoms with Crippen LogP contribution in [0.4, 0.5) is 10.1 Å². The molecule has 132 valence electrons. The molecule has 4 rings (SSSR count). The molecule has 0 aliphatic heterocycles. The molecule has 26 heavy (non-hydrogen) atoms. The second-order valence-corrected chi connectivity index (χ2v) is 6.07. The zero-order valence-corrected chi connectivity index (χ0v) is 14.5. The summed E-state index contributed by atoms with van der Waals surface area (Å²) >= 11 is 0. The number of halogens is 1. The Balaban J connectivity index is 2.11. The lowest BCUT2D eigenvalue weighted by Gasteiger charge is -2.12. The Labute approximate surface area is 149 Å². The number of aromatic hydroxyl groups is 1. The molecule has 0 saturated heterocycles. The number of pyridine rings is 1. The van der Waals surface area contributed by atoms with E-state index in [9.17, 15) is 9.50 Å². The standard InChI is InChI=1S/C20H18FN3O2/c1-3-24-10-15-17(20(24)25)18(22)13-6-4-5-12(19(13)23-15)14-9-11(21)7-8-16(14)26-2/h4-10,25H,3,22H2,1-2H3. The minimum atomic E-state index is -0.360. The molecule has 0 saturated carbocycles. The fourth-order valence-electron chi connectivity index (χ4n) is 3.36. The Morgan fingerprint density at radius 3 is 2.77 bits per heavy atom. The fraction of sp³-hybridized carbons (Fsp3) is 0.150. The summed E-state index contributed by atoms with van der Waals surface area (Å²) in [7, 11) is 1.54. The predicted octanol–water partition coefficient (Wildman–Crippen LogP) is 4.31. The summed E-state index contributed by atoms with van der Waals surface area (Å²) in [5.74, 6) is 0.290. The number of nitrogens with two attached hydrogens (primary N) is 1. The summed E-state index contributed by atoms with van der Waals surface area (Å²) in [6.45, 7) is 2.53. The van der Waals surface area contributed by atoms with E-state index in [2.05, 4.69) is 0 Å². The molecular weight excluding hydrogens is 333 g/mol. The largest absolute Gasteiger partial charge is 0.496 e. The number of para-hydroxylation sites is 1. The van der Waals surface area contributed by atoms with Gasteiger partial charge in [-0.2, -0.15) is 0 Å². The van der Waals surface area contributed by atoms with Gasteiger partial charge in [-0.3, -0.25) is 0 Å². The zero-order chi connectivity index (χ0) is 18.4. The molecule has 0 spiro atoms. The van der Waals surface area contributed by atoms with E-state index < -0.39 is 0 Å². The van der Waals surface area contributed by atoms with Crippen LogP contribution in [0, 0.1) is 5.82 Å². The molecule has 2 aromatic heterocycles. The van der Waals surface area contributed by atoms with Gasteiger partial charge < -0.3 is 20.1 Å². The number of hydrogen-bond donors (Lipinski definition) is 2. The smallest absolute Gasteiger partial charge is 0.202 e. The third-order valence-corrected chi connectivity index (χ3v) is 4.65. The van der Waals surface area contributed by atoms with Crippen molar-refractivity contribution in [3.05, 3.63) is 48.4 Å². The average molecular weight is 351 g/mol. The van der Waals surface area contributed by atoms with Crippen molar-refractivity contribution in [3.8, 4) is 22.8 Å². The van der Waals surface area contributed by atoms with E-state index in [-0.39, 0.29) is 11.7 Å². The minimum Gasteiger partial charge on any atom is -0.496 e. The van der Waals surface area contributed by atoms with Crippen LogP contribution in [0.5, 0.6) is 11.6 Å². The maximum Gasteiger partial charge on any atom is 0.202 e. The highest BCUT2D eigenvalue weighted by atomic mass is 19.1. The van der Waals surface area contributed by atoms with Gasteiger partial charge in [0, 0.05) is 29.3 Å². The van der Waals surface area contributed by atoms with Crippen molar-refractivity contribution < 1.29 is 14.2 Å². The van der Waals surface area contributed by atoms with Gasteiger partial charge in [0.2, 0.25) is 5.88 Å². The summed E-state index contributed by atoms with van der Waals surface area (Å²) in [6, 6.07) is 9.89. The highest BCUT2D eigenvalue weighted by Gasteiger charge is 2.18. The molecule has 0 aliphatic carbocycles. The number of methoxy groups -OCH3 is 1. The maximum absolute atomic E-state index is 13.9. The number of nitrogens with zero attached hydrogens (tertiary/aromatic N) is 2. The Morgan fingerprint density at radius 2 is 2.04 bits per heavy atom. The summed E-state index contributed by atoms with van der Waals surface area (Å²) in [4.78, 5) is 4.71. The van der Waals surface area contributed by atoms with Crippen LogP contribution in [-0.4, -0.2) is 21.8 Å². The molecule has 6 heteroatoms. The first-order valence-electron chi connectivity index (χ1n) is 8.29. The van der Waals surface area contributed by atoms with E-state index in [1.807, 2.05) is 25.1 Å². The van der Waals surface area contributed by atoms with Gasteiger partial charge in [0.15, 0.2) is 0 Å². The summed E-state index contributed by atoms with van der Waals surface area (Å²) in [5.41, 5.74) is 9.35. The molecule has 0 bridgehead atoms. The van der Waals surface area contributed by atoms with Crippen molar-refractivity contribution in [2.45, 2.75) is 13.5 Å². The van der Waals surface area contributed by atoms with Crippen molar-refractivity contribution in [1.82, 2.24) is 9.55 Å². The molecule has 0 radical (unpaired) electrons. The van der Waals surface area contributed by atoms with Gasteiger partial charge in [0.1, 0.15) is 11.6 Å². The quantitative estimate of drug-likeness (QED) is 0.577. The Hall–Kier alpha value is -3.28. The van der Waals surface area contributed by atoms with Crippen molar-refractivity contribution in [1.29, 1.82) is 0 Å². The number of hydrogen-bond acceptors (Lipinski definition) is 4. The normalized spacial score (nSPS) is 11.3. The first kappa shape index (κ1) is 16.2. The third kappa shape index (κ3) is 2.26. The lowest BCUT2D eigenvalue weighted by Crippen LogP contribution is -1.95. The van der Waals surface area contributed by atoms with Gasteiger partial charge in [0.05, 0.1) is 29.2 Å². The molecule has 0 unspecified atom stereocenters. The number of fused-ring (bicyclic) bond motifs is 2. The number of aromatic nitrogens is 2. The van der Waals surface area contributed by atoms with Crippen LogP contribution in [0.15, 0.2) is 42.6 Å². The highest BCUT2D eigenvalue weighted by molar-refractivity contribution is 6.12. The second-order valence-electron chi connectivity index (χ2n) is 6.07. The monoisotopic (exact) mass is 351 g/mol. The van der Waals surface area contributed by atoms with Crippen molar-refractivity contribution >= 4 is 27.5 Å². The van der Waals surface area contributed by atoms with E-state index in [0.29, 0.717) is 45.4 Å². The maximum atomic E-state index is 13.9. The van der Waals surface area contributed by atoms with Crippen LogP contribution in [0.25, 0.3) is 32.9 Å². The van der Waals surface area contributed by atoms with E-state index in [0.717, 1.165) is 5.56 Å². The first-order chi connectivity index (χ1) is 12.5. The van der Waals surface area contributed by atoms with Gasteiger partial charge in [-0.15, -0.1) is 0 Å². The van der Waals surface area contributed by atoms with E-state index in [4.69, 9.17) is 15.5 Å². The van der Waals surface area contributed by atoms with Gasteiger partial charge in [-0.05, 0) is 25.1 Å².